The van der Waals surface area contributed by atoms with Crippen molar-refractivity contribution < 1.29 is 0 Å². The van der Waals surface area contributed by atoms with Crippen LogP contribution >= 0.6 is 0 Å². The molecule has 0 aliphatic carbocycles. The Bertz CT molecular complexity index is 393. The molecule has 2 N–H and O–H groups in total. The third-order valence-electron chi connectivity index (χ3n) is 3.34. The molecule has 1 aromatic rings. The topological polar surface area (TPSA) is 66.0 Å². The van der Waals surface area contributed by atoms with Crippen molar-refractivity contribution in [3.8, 4) is 0 Å². The number of hydrogen-bond acceptors (Lipinski definition) is 6. The smallest absolute Gasteiger partial charge is 0.231 e. The van der Waals surface area contributed by atoms with E-state index >= 15 is 0 Å². The molecule has 0 fully saturated rings. The van der Waals surface area contributed by atoms with Crippen molar-refractivity contribution in [1.29, 1.82) is 0 Å². The summed E-state index contributed by atoms with van der Waals surface area (Å²) >= 11 is 0. The summed E-state index contributed by atoms with van der Waals surface area (Å²) in [4.78, 5) is 14.9. The lowest BCUT2D eigenvalue weighted by Crippen LogP contribution is -2.19. The molecule has 6 heteroatoms. The highest BCUT2D eigenvalue weighted by atomic mass is 15.3. The fraction of sp³-hybridized carbons (Fsp3) is 0.786. The normalized spacial score (nSPS) is 12.1. The molecule has 1 unspecified atom stereocenters. The number of aromatic nitrogens is 3. The van der Waals surface area contributed by atoms with Gasteiger partial charge in [0.1, 0.15) is 0 Å². The van der Waals surface area contributed by atoms with Crippen molar-refractivity contribution in [2.45, 2.75) is 39.5 Å². The molecule has 1 aromatic heterocycles. The molecular formula is C14H28N6. The van der Waals surface area contributed by atoms with E-state index in [1.165, 1.54) is 25.7 Å². The number of hydrogen-bond donors (Lipinski definition) is 2. The van der Waals surface area contributed by atoms with Gasteiger partial charge in [-0.1, -0.05) is 33.1 Å². The molecule has 0 spiro atoms. The molecule has 0 saturated carbocycles. The van der Waals surface area contributed by atoms with Gasteiger partial charge in [-0.2, -0.15) is 15.0 Å². The highest BCUT2D eigenvalue weighted by Crippen LogP contribution is 2.15. The number of anilines is 3. The van der Waals surface area contributed by atoms with Gasteiger partial charge >= 0.3 is 0 Å². The maximum atomic E-state index is 4.42. The molecule has 20 heavy (non-hydrogen) atoms. The molecule has 0 radical (unpaired) electrons. The van der Waals surface area contributed by atoms with Crippen LogP contribution in [0.15, 0.2) is 0 Å². The van der Waals surface area contributed by atoms with E-state index in [-0.39, 0.29) is 0 Å². The van der Waals surface area contributed by atoms with Crippen LogP contribution in [0.5, 0.6) is 0 Å². The van der Waals surface area contributed by atoms with Gasteiger partial charge in [0.25, 0.3) is 0 Å². The quantitative estimate of drug-likeness (QED) is 0.725. The average molecular weight is 280 g/mol. The Labute approximate surface area is 122 Å². The molecule has 6 nitrogen and oxygen atoms in total. The van der Waals surface area contributed by atoms with Gasteiger partial charge in [0.15, 0.2) is 0 Å². The summed E-state index contributed by atoms with van der Waals surface area (Å²) in [6, 6.07) is 0. The summed E-state index contributed by atoms with van der Waals surface area (Å²) in [7, 11) is 5.66. The van der Waals surface area contributed by atoms with E-state index in [1.807, 2.05) is 26.0 Å². The molecule has 114 valence electrons. The minimum absolute atomic E-state index is 0.591. The maximum Gasteiger partial charge on any atom is 0.231 e. The monoisotopic (exact) mass is 280 g/mol. The van der Waals surface area contributed by atoms with Crippen molar-refractivity contribution in [3.05, 3.63) is 0 Å². The zero-order valence-corrected chi connectivity index (χ0v) is 13.4. The number of unbranched alkanes of at least 4 members (excludes halogenated alkanes) is 1. The molecule has 0 amide bonds. The Morgan fingerprint density at radius 2 is 1.80 bits per heavy atom. The third-order valence-corrected chi connectivity index (χ3v) is 3.34. The van der Waals surface area contributed by atoms with Gasteiger partial charge in [0.05, 0.1) is 0 Å². The van der Waals surface area contributed by atoms with E-state index in [0.717, 1.165) is 6.54 Å². The van der Waals surface area contributed by atoms with Crippen LogP contribution in [0.4, 0.5) is 17.8 Å². The highest BCUT2D eigenvalue weighted by Gasteiger charge is 2.10. The Hall–Kier alpha value is -1.59. The summed E-state index contributed by atoms with van der Waals surface area (Å²) < 4.78 is 0. The van der Waals surface area contributed by atoms with Gasteiger partial charge < -0.3 is 15.5 Å². The lowest BCUT2D eigenvalue weighted by molar-refractivity contribution is 0.471. The fourth-order valence-electron chi connectivity index (χ4n) is 1.93. The van der Waals surface area contributed by atoms with Crippen molar-refractivity contribution >= 4 is 17.8 Å². The van der Waals surface area contributed by atoms with Crippen molar-refractivity contribution in [2.75, 3.05) is 43.2 Å². The minimum Gasteiger partial charge on any atom is -0.357 e. The third kappa shape index (κ3) is 5.19. The lowest BCUT2D eigenvalue weighted by atomic mass is 9.99. The van der Waals surface area contributed by atoms with Crippen LogP contribution in [0.3, 0.4) is 0 Å². The Morgan fingerprint density at radius 3 is 2.35 bits per heavy atom. The van der Waals surface area contributed by atoms with Crippen LogP contribution in [0.25, 0.3) is 0 Å². The molecular weight excluding hydrogens is 252 g/mol. The molecule has 0 aliphatic rings. The number of nitrogens with one attached hydrogen (secondary N) is 2. The van der Waals surface area contributed by atoms with Gasteiger partial charge in [0, 0.05) is 27.7 Å². The first-order chi connectivity index (χ1) is 9.60. The highest BCUT2D eigenvalue weighted by molar-refractivity contribution is 5.42. The van der Waals surface area contributed by atoms with Gasteiger partial charge in [-0.15, -0.1) is 0 Å². The van der Waals surface area contributed by atoms with Gasteiger partial charge in [-0.3, -0.25) is 0 Å². The minimum atomic E-state index is 0.591. The van der Waals surface area contributed by atoms with Gasteiger partial charge in [0.2, 0.25) is 17.8 Å². The Balaban J connectivity index is 2.68. The molecule has 1 heterocycles. The second-order valence-corrected chi connectivity index (χ2v) is 5.22. The molecule has 0 aromatic carbocycles. The summed E-state index contributed by atoms with van der Waals surface area (Å²) in [6.07, 6.45) is 4.96. The van der Waals surface area contributed by atoms with Crippen LogP contribution in [-0.4, -0.2) is 42.6 Å². The van der Waals surface area contributed by atoms with Crippen molar-refractivity contribution in [3.63, 3.8) is 0 Å². The van der Waals surface area contributed by atoms with Crippen molar-refractivity contribution in [1.82, 2.24) is 15.0 Å². The number of nitrogens with zero attached hydrogens (tertiary/aromatic N) is 4. The van der Waals surface area contributed by atoms with Crippen molar-refractivity contribution in [2.24, 2.45) is 5.92 Å². The first kappa shape index (κ1) is 16.5. The molecule has 0 bridgehead atoms. The number of rotatable bonds is 9. The first-order valence-electron chi connectivity index (χ1n) is 7.45. The zero-order chi connectivity index (χ0) is 15.0. The Morgan fingerprint density at radius 1 is 1.10 bits per heavy atom. The van der Waals surface area contributed by atoms with E-state index in [4.69, 9.17) is 0 Å². The summed E-state index contributed by atoms with van der Waals surface area (Å²) in [5.41, 5.74) is 0. The largest absolute Gasteiger partial charge is 0.357 e. The first-order valence-corrected chi connectivity index (χ1v) is 7.45. The second kappa shape index (κ2) is 8.55. The van der Waals surface area contributed by atoms with E-state index in [9.17, 15) is 0 Å². The predicted octanol–water partition coefficient (Wildman–Crippen LogP) is 2.61. The van der Waals surface area contributed by atoms with Crippen LogP contribution in [-0.2, 0) is 0 Å². The lowest BCUT2D eigenvalue weighted by Gasteiger charge is -2.17. The van der Waals surface area contributed by atoms with Crippen LogP contribution in [0.1, 0.15) is 39.5 Å². The maximum absolute atomic E-state index is 4.42. The van der Waals surface area contributed by atoms with Crippen LogP contribution < -0.4 is 15.5 Å². The van der Waals surface area contributed by atoms with Crippen LogP contribution in [0, 0.1) is 5.92 Å². The summed E-state index contributed by atoms with van der Waals surface area (Å²) in [5.74, 6) is 2.57. The fourth-order valence-corrected chi connectivity index (χ4v) is 1.93. The predicted molar refractivity (Wildman–Crippen MR) is 85.5 cm³/mol. The SMILES string of the molecule is CCCCC(CC)CNc1nc(NC)nc(N(C)C)n1. The molecule has 1 atom stereocenters. The molecule has 1 rings (SSSR count). The summed E-state index contributed by atoms with van der Waals surface area (Å²) in [5, 5.41) is 6.32. The second-order valence-electron chi connectivity index (χ2n) is 5.22. The average Bonchev–Trinajstić information content (AvgIpc) is 2.47. The molecule has 0 saturated heterocycles. The standard InChI is InChI=1S/C14H28N6/c1-6-8-9-11(7-2)10-16-13-17-12(15-3)18-14(19-13)20(4)5/h11H,6-10H2,1-5H3,(H2,15,16,17,18,19). The summed E-state index contributed by atoms with van der Waals surface area (Å²) in [6.45, 7) is 5.38. The van der Waals surface area contributed by atoms with Gasteiger partial charge in [-0.05, 0) is 12.3 Å². The molecule has 0 aliphatic heterocycles. The van der Waals surface area contributed by atoms with E-state index in [2.05, 4.69) is 39.4 Å². The Kier molecular flexibility index (Phi) is 7.04. The van der Waals surface area contributed by atoms with E-state index in [1.54, 1.807) is 0 Å². The van der Waals surface area contributed by atoms with E-state index < -0.39 is 0 Å². The zero-order valence-electron chi connectivity index (χ0n) is 13.4. The van der Waals surface area contributed by atoms with E-state index in [0.29, 0.717) is 23.8 Å². The van der Waals surface area contributed by atoms with Crippen LogP contribution in [0.2, 0.25) is 0 Å². The van der Waals surface area contributed by atoms with Gasteiger partial charge in [-0.25, -0.2) is 0 Å².